The van der Waals surface area contributed by atoms with Crippen LogP contribution >= 0.6 is 0 Å². The third-order valence-corrected chi connectivity index (χ3v) is 9.05. The predicted octanol–water partition coefficient (Wildman–Crippen LogP) is 8.99. The van der Waals surface area contributed by atoms with Crippen molar-refractivity contribution in [2.75, 3.05) is 13.2 Å². The van der Waals surface area contributed by atoms with Crippen LogP contribution in [0.2, 0.25) is 0 Å². The molecule has 3 heteroatoms. The second-order valence-corrected chi connectivity index (χ2v) is 11.9. The first-order valence-corrected chi connectivity index (χ1v) is 15.9. The molecule has 0 bridgehead atoms. The molecule has 0 spiro atoms. The van der Waals surface area contributed by atoms with E-state index >= 15 is 0 Å². The number of hydrogen-bond donors (Lipinski definition) is 3. The van der Waals surface area contributed by atoms with Crippen LogP contribution in [0.25, 0.3) is 22.3 Å². The summed E-state index contributed by atoms with van der Waals surface area (Å²) in [6.07, 6.45) is 14.4. The van der Waals surface area contributed by atoms with Crippen LogP contribution in [0.3, 0.4) is 0 Å². The van der Waals surface area contributed by atoms with Crippen molar-refractivity contribution in [3.63, 3.8) is 0 Å². The van der Waals surface area contributed by atoms with Crippen molar-refractivity contribution in [2.24, 2.45) is 5.92 Å². The minimum Gasteiger partial charge on any atom is -0.507 e. The number of benzene rings is 3. The zero-order valence-electron chi connectivity index (χ0n) is 24.8. The van der Waals surface area contributed by atoms with E-state index in [9.17, 15) is 15.3 Å². The minimum absolute atomic E-state index is 0.101. The van der Waals surface area contributed by atoms with E-state index in [0.29, 0.717) is 37.4 Å². The van der Waals surface area contributed by atoms with Gasteiger partial charge in [-0.3, -0.25) is 0 Å². The maximum atomic E-state index is 10.8. The third kappa shape index (κ3) is 7.77. The topological polar surface area (TPSA) is 60.7 Å². The Balaban J connectivity index is 1.51. The molecule has 1 aliphatic carbocycles. The van der Waals surface area contributed by atoms with Crippen molar-refractivity contribution in [2.45, 2.75) is 103 Å². The lowest BCUT2D eigenvalue weighted by Crippen LogP contribution is -2.13. The largest absolute Gasteiger partial charge is 0.507 e. The van der Waals surface area contributed by atoms with Crippen molar-refractivity contribution in [1.29, 1.82) is 0 Å². The summed E-state index contributed by atoms with van der Waals surface area (Å²) in [7, 11) is 0. The molecule has 0 atom stereocenters. The highest BCUT2D eigenvalue weighted by Gasteiger charge is 2.22. The van der Waals surface area contributed by atoms with E-state index in [2.05, 4.69) is 68.4 Å². The Morgan fingerprint density at radius 3 is 1.82 bits per heavy atom. The lowest BCUT2D eigenvalue weighted by Gasteiger charge is -2.29. The zero-order chi connectivity index (χ0) is 28.3. The quantitative estimate of drug-likeness (QED) is 0.178. The minimum atomic E-state index is 0.101. The van der Waals surface area contributed by atoms with Crippen LogP contribution < -0.4 is 0 Å². The van der Waals surface area contributed by atoms with Gasteiger partial charge in [-0.2, -0.15) is 0 Å². The number of aryl methyl sites for hydroxylation is 3. The molecule has 0 radical (unpaired) electrons. The van der Waals surface area contributed by atoms with Crippen molar-refractivity contribution in [3.8, 4) is 28.0 Å². The summed E-state index contributed by atoms with van der Waals surface area (Å²) in [5.41, 5.74) is 9.32. The summed E-state index contributed by atoms with van der Waals surface area (Å²) in [5, 5.41) is 29.6. The summed E-state index contributed by atoms with van der Waals surface area (Å²) in [6, 6.07) is 20.2. The van der Waals surface area contributed by atoms with Gasteiger partial charge in [0.1, 0.15) is 5.75 Å². The number of phenols is 1. The van der Waals surface area contributed by atoms with Gasteiger partial charge in [0.25, 0.3) is 0 Å². The number of aliphatic hydroxyl groups excluding tert-OH is 2. The maximum Gasteiger partial charge on any atom is 0.121 e. The van der Waals surface area contributed by atoms with E-state index in [1.807, 2.05) is 0 Å². The van der Waals surface area contributed by atoms with Gasteiger partial charge < -0.3 is 15.3 Å². The molecule has 0 unspecified atom stereocenters. The van der Waals surface area contributed by atoms with Gasteiger partial charge in [-0.05, 0) is 126 Å². The van der Waals surface area contributed by atoms with Gasteiger partial charge in [0.15, 0.2) is 0 Å². The van der Waals surface area contributed by atoms with Gasteiger partial charge in [-0.1, -0.05) is 82.0 Å². The Bertz CT molecular complexity index is 1160. The van der Waals surface area contributed by atoms with Gasteiger partial charge in [-0.15, -0.1) is 0 Å². The number of rotatable bonds is 14. The molecule has 0 heterocycles. The Kier molecular flexibility index (Phi) is 11.7. The zero-order valence-corrected chi connectivity index (χ0v) is 24.8. The molecule has 0 saturated heterocycles. The van der Waals surface area contributed by atoms with E-state index < -0.39 is 0 Å². The molecule has 3 N–H and O–H groups in total. The lowest BCUT2D eigenvalue weighted by molar-refractivity contribution is 0.287. The van der Waals surface area contributed by atoms with Crippen LogP contribution in [-0.2, 0) is 19.3 Å². The Hall–Kier alpha value is -2.62. The monoisotopic (exact) mass is 542 g/mol. The molecule has 1 aliphatic rings. The van der Waals surface area contributed by atoms with Crippen molar-refractivity contribution >= 4 is 0 Å². The summed E-state index contributed by atoms with van der Waals surface area (Å²) in [6.45, 7) is 4.69. The highest BCUT2D eigenvalue weighted by atomic mass is 16.3. The summed E-state index contributed by atoms with van der Waals surface area (Å²) in [4.78, 5) is 0. The second-order valence-electron chi connectivity index (χ2n) is 11.9. The number of hydrogen-bond acceptors (Lipinski definition) is 3. The van der Waals surface area contributed by atoms with Crippen LogP contribution in [0.5, 0.6) is 5.75 Å². The van der Waals surface area contributed by atoms with Crippen LogP contribution in [-0.4, -0.2) is 28.5 Å². The van der Waals surface area contributed by atoms with Crippen molar-refractivity contribution < 1.29 is 15.3 Å². The molecule has 3 aromatic rings. The smallest absolute Gasteiger partial charge is 0.121 e. The molecule has 3 aromatic carbocycles. The number of unbranched alkanes of at least 4 members (excludes halogenated alkanes) is 2. The van der Waals surface area contributed by atoms with Crippen LogP contribution in [0.4, 0.5) is 0 Å². The Morgan fingerprint density at radius 2 is 1.25 bits per heavy atom. The molecule has 40 heavy (non-hydrogen) atoms. The molecule has 0 amide bonds. The third-order valence-electron chi connectivity index (χ3n) is 9.05. The first-order chi connectivity index (χ1) is 19.6. The molecule has 1 saturated carbocycles. The first-order valence-electron chi connectivity index (χ1n) is 15.9. The normalized spacial score (nSPS) is 17.3. The van der Waals surface area contributed by atoms with E-state index in [-0.39, 0.29) is 13.2 Å². The number of aliphatic hydroxyl groups is 2. The molecule has 0 aromatic heterocycles. The maximum absolute atomic E-state index is 10.8. The second kappa shape index (κ2) is 15.4. The highest BCUT2D eigenvalue weighted by Crippen LogP contribution is 2.39. The van der Waals surface area contributed by atoms with E-state index in [4.69, 9.17) is 0 Å². The van der Waals surface area contributed by atoms with Gasteiger partial charge in [0, 0.05) is 13.2 Å². The van der Waals surface area contributed by atoms with Gasteiger partial charge in [0.2, 0.25) is 0 Å². The van der Waals surface area contributed by atoms with Gasteiger partial charge in [-0.25, -0.2) is 0 Å². The summed E-state index contributed by atoms with van der Waals surface area (Å²) >= 11 is 0. The highest BCUT2D eigenvalue weighted by molar-refractivity contribution is 5.75. The van der Waals surface area contributed by atoms with Gasteiger partial charge >= 0.3 is 0 Å². The van der Waals surface area contributed by atoms with Crippen LogP contribution in [0, 0.1) is 5.92 Å². The van der Waals surface area contributed by atoms with Crippen molar-refractivity contribution in [3.05, 3.63) is 76.9 Å². The number of phenolic OH excluding ortho intramolecular Hbond substituents is 1. The summed E-state index contributed by atoms with van der Waals surface area (Å²) in [5.74, 6) is 1.96. The Labute approximate surface area is 242 Å². The molecular formula is C37H50O3. The SMILES string of the molecule is CCCCCC1CCC(c2ccc(-c3ccc(-c4cc(CCCO)c(O)c(CCCO)c4)c(CC)c3)cc2)CC1. The fourth-order valence-corrected chi connectivity index (χ4v) is 6.60. The van der Waals surface area contributed by atoms with Crippen LogP contribution in [0.15, 0.2) is 54.6 Å². The molecule has 4 rings (SSSR count). The lowest BCUT2D eigenvalue weighted by atomic mass is 9.77. The fourth-order valence-electron chi connectivity index (χ4n) is 6.60. The average molecular weight is 543 g/mol. The van der Waals surface area contributed by atoms with Gasteiger partial charge in [0.05, 0.1) is 0 Å². The predicted molar refractivity (Wildman–Crippen MR) is 168 cm³/mol. The van der Waals surface area contributed by atoms with E-state index in [1.165, 1.54) is 79.2 Å². The van der Waals surface area contributed by atoms with E-state index in [0.717, 1.165) is 29.0 Å². The Morgan fingerprint density at radius 1 is 0.650 bits per heavy atom. The molecule has 1 fully saturated rings. The van der Waals surface area contributed by atoms with Crippen molar-refractivity contribution in [1.82, 2.24) is 0 Å². The first kappa shape index (κ1) is 30.3. The standard InChI is InChI=1S/C37H50O3/c1-3-5-6-9-27-12-14-29(15-13-27)30-16-18-31(19-17-30)32-20-21-36(28(4-2)24-32)35-25-33(10-7-22-38)37(40)34(26-35)11-8-23-39/h16-21,24-27,29,38-40H,3-15,22-23H2,1-2H3. The summed E-state index contributed by atoms with van der Waals surface area (Å²) < 4.78 is 0. The van der Waals surface area contributed by atoms with Crippen LogP contribution in [0.1, 0.15) is 106 Å². The molecule has 0 aliphatic heterocycles. The molecular weight excluding hydrogens is 492 g/mol. The average Bonchev–Trinajstić information content (AvgIpc) is 3.00. The molecule has 216 valence electrons. The van der Waals surface area contributed by atoms with E-state index in [1.54, 1.807) is 0 Å². The molecule has 3 nitrogen and oxygen atoms in total. The number of aromatic hydroxyl groups is 1. The fraction of sp³-hybridized carbons (Fsp3) is 0.514.